The maximum atomic E-state index is 13.9. The molecule has 0 saturated heterocycles. The van der Waals surface area contributed by atoms with Crippen LogP contribution in [0.3, 0.4) is 0 Å². The van der Waals surface area contributed by atoms with Crippen molar-refractivity contribution in [2.45, 2.75) is 18.8 Å². The van der Waals surface area contributed by atoms with Crippen molar-refractivity contribution < 1.29 is 8.78 Å². The Morgan fingerprint density at radius 3 is 2.67 bits per heavy atom. The summed E-state index contributed by atoms with van der Waals surface area (Å²) < 4.78 is 29.1. The first-order chi connectivity index (χ1) is 10.1. The van der Waals surface area contributed by atoms with Crippen LogP contribution in [0.15, 0.2) is 24.5 Å². The topological polar surface area (TPSA) is 43.6 Å². The normalized spacial score (nSPS) is 14.8. The monoisotopic (exact) mass is 306 g/mol. The summed E-state index contributed by atoms with van der Waals surface area (Å²) >= 11 is 5.87. The van der Waals surface area contributed by atoms with E-state index in [0.29, 0.717) is 17.2 Å². The molecule has 0 bridgehead atoms. The summed E-state index contributed by atoms with van der Waals surface area (Å²) in [6.45, 7) is 0. The molecular formula is C14H9ClF2N4. The van der Waals surface area contributed by atoms with E-state index in [9.17, 15) is 8.78 Å². The smallest absolute Gasteiger partial charge is 0.158 e. The van der Waals surface area contributed by atoms with Gasteiger partial charge >= 0.3 is 0 Å². The Balaban J connectivity index is 2.07. The minimum atomic E-state index is -0.680. The molecule has 0 unspecified atom stereocenters. The van der Waals surface area contributed by atoms with Gasteiger partial charge in [-0.05, 0) is 12.8 Å². The average molecular weight is 307 g/mol. The third kappa shape index (κ3) is 2.06. The Kier molecular flexibility index (Phi) is 2.68. The standard InChI is InChI=1S/C14H9ClF2N4/c15-11-5-18-6-12(19-11)21-10-4-8(16)3-9(17)13(10)20-14(21)7-1-2-7/h3-7H,1-2H2. The SMILES string of the molecule is Fc1cc(F)c2nc(C3CC3)n(-c3cncc(Cl)n3)c2c1. The molecule has 0 aliphatic heterocycles. The van der Waals surface area contributed by atoms with Crippen LogP contribution in [0.25, 0.3) is 16.9 Å². The summed E-state index contributed by atoms with van der Waals surface area (Å²) in [5, 5.41) is 0.216. The molecule has 2 aromatic heterocycles. The van der Waals surface area contributed by atoms with Crippen LogP contribution in [0.5, 0.6) is 0 Å². The fraction of sp³-hybridized carbons (Fsp3) is 0.214. The number of benzene rings is 1. The molecule has 0 atom stereocenters. The third-order valence-corrected chi connectivity index (χ3v) is 3.65. The minimum Gasteiger partial charge on any atom is -0.279 e. The zero-order valence-corrected chi connectivity index (χ0v) is 11.5. The second kappa shape index (κ2) is 4.46. The van der Waals surface area contributed by atoms with Crippen molar-refractivity contribution in [1.82, 2.24) is 19.5 Å². The van der Waals surface area contributed by atoms with E-state index in [2.05, 4.69) is 15.0 Å². The molecule has 0 radical (unpaired) electrons. The van der Waals surface area contributed by atoms with Crippen LogP contribution in [0.4, 0.5) is 8.78 Å². The van der Waals surface area contributed by atoms with Crippen molar-refractivity contribution in [2.24, 2.45) is 0 Å². The van der Waals surface area contributed by atoms with Crippen molar-refractivity contribution in [1.29, 1.82) is 0 Å². The molecule has 106 valence electrons. The summed E-state index contributed by atoms with van der Waals surface area (Å²) in [5.74, 6) is -0.0114. The number of hydrogen-bond acceptors (Lipinski definition) is 3. The zero-order chi connectivity index (χ0) is 14.6. The largest absolute Gasteiger partial charge is 0.279 e. The van der Waals surface area contributed by atoms with Crippen LogP contribution >= 0.6 is 11.6 Å². The van der Waals surface area contributed by atoms with E-state index in [1.54, 1.807) is 4.57 Å². The molecule has 2 heterocycles. The van der Waals surface area contributed by atoms with E-state index in [1.165, 1.54) is 18.5 Å². The summed E-state index contributed by atoms with van der Waals surface area (Å²) in [4.78, 5) is 12.5. The van der Waals surface area contributed by atoms with Crippen LogP contribution in [-0.2, 0) is 0 Å². The minimum absolute atomic E-state index is 0.139. The molecule has 0 spiro atoms. The molecule has 1 aliphatic rings. The predicted octanol–water partition coefficient (Wildman–Crippen LogP) is 3.62. The Bertz CT molecular complexity index is 858. The van der Waals surface area contributed by atoms with Gasteiger partial charge in [0.1, 0.15) is 22.3 Å². The van der Waals surface area contributed by atoms with Gasteiger partial charge in [-0.1, -0.05) is 11.6 Å². The van der Waals surface area contributed by atoms with Crippen LogP contribution in [0.2, 0.25) is 5.15 Å². The number of fused-ring (bicyclic) bond motifs is 1. The van der Waals surface area contributed by atoms with E-state index in [-0.39, 0.29) is 16.6 Å². The highest BCUT2D eigenvalue weighted by Gasteiger charge is 2.31. The van der Waals surface area contributed by atoms with Crippen LogP contribution in [0, 0.1) is 11.6 Å². The van der Waals surface area contributed by atoms with E-state index in [4.69, 9.17) is 11.6 Å². The first-order valence-electron chi connectivity index (χ1n) is 6.49. The van der Waals surface area contributed by atoms with Crippen LogP contribution < -0.4 is 0 Å². The first-order valence-corrected chi connectivity index (χ1v) is 6.86. The molecule has 21 heavy (non-hydrogen) atoms. The maximum Gasteiger partial charge on any atom is 0.158 e. The van der Waals surface area contributed by atoms with Gasteiger partial charge in [-0.2, -0.15) is 0 Å². The highest BCUT2D eigenvalue weighted by Crippen LogP contribution is 2.42. The van der Waals surface area contributed by atoms with Gasteiger partial charge in [-0.25, -0.2) is 18.7 Å². The fourth-order valence-electron chi connectivity index (χ4n) is 2.42. The second-order valence-electron chi connectivity index (χ2n) is 5.04. The van der Waals surface area contributed by atoms with E-state index >= 15 is 0 Å². The van der Waals surface area contributed by atoms with Gasteiger partial charge in [0.2, 0.25) is 0 Å². The first kappa shape index (κ1) is 12.6. The lowest BCUT2D eigenvalue weighted by Crippen LogP contribution is -2.03. The van der Waals surface area contributed by atoms with Gasteiger partial charge in [0.05, 0.1) is 17.9 Å². The van der Waals surface area contributed by atoms with Gasteiger partial charge in [0, 0.05) is 18.1 Å². The second-order valence-corrected chi connectivity index (χ2v) is 5.42. The number of nitrogens with zero attached hydrogens (tertiary/aromatic N) is 4. The van der Waals surface area contributed by atoms with Crippen molar-refractivity contribution in [3.05, 3.63) is 47.1 Å². The lowest BCUT2D eigenvalue weighted by atomic mass is 10.3. The molecule has 4 rings (SSSR count). The Hall–Kier alpha value is -2.08. The van der Waals surface area contributed by atoms with Gasteiger partial charge < -0.3 is 0 Å². The molecule has 1 aromatic carbocycles. The van der Waals surface area contributed by atoms with Gasteiger partial charge in [0.15, 0.2) is 11.6 Å². The number of rotatable bonds is 2. The van der Waals surface area contributed by atoms with Crippen molar-refractivity contribution in [3.8, 4) is 5.82 Å². The summed E-state index contributed by atoms with van der Waals surface area (Å²) in [7, 11) is 0. The zero-order valence-electron chi connectivity index (χ0n) is 10.7. The molecule has 1 fully saturated rings. The molecule has 7 heteroatoms. The number of hydrogen-bond donors (Lipinski definition) is 0. The third-order valence-electron chi connectivity index (χ3n) is 3.47. The number of aromatic nitrogens is 4. The van der Waals surface area contributed by atoms with Crippen LogP contribution in [0.1, 0.15) is 24.6 Å². The van der Waals surface area contributed by atoms with Crippen molar-refractivity contribution in [3.63, 3.8) is 0 Å². The molecule has 0 amide bonds. The Labute approximate surface area is 123 Å². The lowest BCUT2D eigenvalue weighted by molar-refractivity contribution is 0.590. The number of imidazole rings is 1. The average Bonchev–Trinajstić information content (AvgIpc) is 3.20. The van der Waals surface area contributed by atoms with Gasteiger partial charge in [-0.3, -0.25) is 9.55 Å². The summed E-state index contributed by atoms with van der Waals surface area (Å²) in [5.41, 5.74) is 0.478. The maximum absolute atomic E-state index is 13.9. The summed E-state index contributed by atoms with van der Waals surface area (Å²) in [6.07, 6.45) is 4.85. The number of halogens is 3. The highest BCUT2D eigenvalue weighted by atomic mass is 35.5. The predicted molar refractivity (Wildman–Crippen MR) is 73.6 cm³/mol. The van der Waals surface area contributed by atoms with Crippen molar-refractivity contribution >= 4 is 22.6 Å². The Morgan fingerprint density at radius 2 is 1.95 bits per heavy atom. The molecule has 1 saturated carbocycles. The van der Waals surface area contributed by atoms with Crippen LogP contribution in [-0.4, -0.2) is 19.5 Å². The molecule has 3 aromatic rings. The quantitative estimate of drug-likeness (QED) is 0.726. The fourth-order valence-corrected chi connectivity index (χ4v) is 2.56. The van der Waals surface area contributed by atoms with E-state index < -0.39 is 11.6 Å². The lowest BCUT2D eigenvalue weighted by Gasteiger charge is -2.07. The molecular weight excluding hydrogens is 298 g/mol. The Morgan fingerprint density at radius 1 is 1.14 bits per heavy atom. The molecule has 0 N–H and O–H groups in total. The van der Waals surface area contributed by atoms with Gasteiger partial charge in [-0.15, -0.1) is 0 Å². The van der Waals surface area contributed by atoms with E-state index in [0.717, 1.165) is 18.9 Å². The molecule has 4 nitrogen and oxygen atoms in total. The van der Waals surface area contributed by atoms with Gasteiger partial charge in [0.25, 0.3) is 0 Å². The molecule has 1 aliphatic carbocycles. The van der Waals surface area contributed by atoms with Crippen molar-refractivity contribution in [2.75, 3.05) is 0 Å². The summed E-state index contributed by atoms with van der Waals surface area (Å²) in [6, 6.07) is 2.08. The highest BCUT2D eigenvalue weighted by molar-refractivity contribution is 6.29. The van der Waals surface area contributed by atoms with E-state index in [1.807, 2.05) is 0 Å².